The fourth-order valence-electron chi connectivity index (χ4n) is 1.98. The van der Waals surface area contributed by atoms with Crippen LogP contribution in [-0.2, 0) is 14.3 Å². The van der Waals surface area contributed by atoms with Crippen LogP contribution in [0.15, 0.2) is 0 Å². The van der Waals surface area contributed by atoms with Gasteiger partial charge < -0.3 is 14.7 Å². The van der Waals surface area contributed by atoms with Crippen molar-refractivity contribution >= 4 is 23.6 Å². The van der Waals surface area contributed by atoms with Gasteiger partial charge in [0.1, 0.15) is 6.04 Å². The number of methoxy groups -OCH3 is 1. The van der Waals surface area contributed by atoms with Gasteiger partial charge in [-0.3, -0.25) is 4.79 Å². The van der Waals surface area contributed by atoms with Crippen LogP contribution in [0.3, 0.4) is 0 Å². The van der Waals surface area contributed by atoms with Gasteiger partial charge in [0.25, 0.3) is 0 Å². The summed E-state index contributed by atoms with van der Waals surface area (Å²) >= 11 is 1.55. The first kappa shape index (κ1) is 15.3. The molecule has 1 aliphatic rings. The second-order valence-electron chi connectivity index (χ2n) is 4.44. The number of hydrogen-bond acceptors (Lipinski definition) is 4. The first-order valence-corrected chi connectivity index (χ1v) is 7.24. The molecule has 18 heavy (non-hydrogen) atoms. The molecule has 3 atom stereocenters. The molecule has 104 valence electrons. The Morgan fingerprint density at radius 2 is 2.22 bits per heavy atom. The molecular weight excluding hydrogens is 254 g/mol. The highest BCUT2D eigenvalue weighted by Crippen LogP contribution is 2.32. The Hall–Kier alpha value is -0.750. The van der Waals surface area contributed by atoms with E-state index in [4.69, 9.17) is 9.84 Å². The summed E-state index contributed by atoms with van der Waals surface area (Å²) in [5.41, 5.74) is 0. The number of aliphatic carboxylic acids is 1. The standard InChI is InChI=1S/C12H21NO4S/c1-4-11-13(9(7-18-11)12(15)16)10(14)6-5-8(2)17-3/h8-9,11H,4-7H2,1-3H3,(H,15,16). The molecule has 0 aromatic carbocycles. The summed E-state index contributed by atoms with van der Waals surface area (Å²) < 4.78 is 5.10. The Balaban J connectivity index is 2.63. The van der Waals surface area contributed by atoms with Crippen LogP contribution in [0, 0.1) is 0 Å². The summed E-state index contributed by atoms with van der Waals surface area (Å²) in [6.45, 7) is 3.87. The van der Waals surface area contributed by atoms with E-state index in [1.165, 1.54) is 4.90 Å². The number of thioether (sulfide) groups is 1. The van der Waals surface area contributed by atoms with Crippen LogP contribution in [0.5, 0.6) is 0 Å². The van der Waals surface area contributed by atoms with E-state index >= 15 is 0 Å². The fraction of sp³-hybridized carbons (Fsp3) is 0.833. The second-order valence-corrected chi connectivity index (χ2v) is 5.65. The summed E-state index contributed by atoms with van der Waals surface area (Å²) in [5, 5.41) is 9.13. The number of hydrogen-bond donors (Lipinski definition) is 1. The Labute approximate surface area is 112 Å². The fourth-order valence-corrected chi connectivity index (χ4v) is 3.34. The third-order valence-corrected chi connectivity index (χ3v) is 4.64. The molecule has 1 amide bonds. The second kappa shape index (κ2) is 6.99. The van der Waals surface area contributed by atoms with E-state index in [0.717, 1.165) is 6.42 Å². The molecule has 1 fully saturated rings. The van der Waals surface area contributed by atoms with E-state index in [1.807, 2.05) is 13.8 Å². The molecule has 0 aromatic heterocycles. The van der Waals surface area contributed by atoms with Gasteiger partial charge in [-0.15, -0.1) is 11.8 Å². The summed E-state index contributed by atoms with van der Waals surface area (Å²) in [5.74, 6) is -0.505. The van der Waals surface area contributed by atoms with E-state index in [-0.39, 0.29) is 17.4 Å². The zero-order chi connectivity index (χ0) is 13.7. The quantitative estimate of drug-likeness (QED) is 0.797. The van der Waals surface area contributed by atoms with Crippen molar-refractivity contribution in [3.63, 3.8) is 0 Å². The average Bonchev–Trinajstić information content (AvgIpc) is 2.79. The van der Waals surface area contributed by atoms with E-state index in [1.54, 1.807) is 18.9 Å². The highest BCUT2D eigenvalue weighted by molar-refractivity contribution is 8.00. The largest absolute Gasteiger partial charge is 0.480 e. The predicted molar refractivity (Wildman–Crippen MR) is 70.5 cm³/mol. The van der Waals surface area contributed by atoms with Crippen LogP contribution < -0.4 is 0 Å². The lowest BCUT2D eigenvalue weighted by molar-refractivity contribution is -0.149. The third kappa shape index (κ3) is 3.62. The van der Waals surface area contributed by atoms with Gasteiger partial charge in [0.05, 0.1) is 11.5 Å². The summed E-state index contributed by atoms with van der Waals surface area (Å²) in [7, 11) is 1.61. The molecule has 0 spiro atoms. The smallest absolute Gasteiger partial charge is 0.327 e. The molecule has 1 rings (SSSR count). The van der Waals surface area contributed by atoms with Crippen molar-refractivity contribution in [2.24, 2.45) is 0 Å². The number of carbonyl (C=O) groups is 2. The van der Waals surface area contributed by atoms with Gasteiger partial charge in [-0.05, 0) is 19.8 Å². The van der Waals surface area contributed by atoms with Crippen molar-refractivity contribution in [1.29, 1.82) is 0 Å². The minimum Gasteiger partial charge on any atom is -0.480 e. The van der Waals surface area contributed by atoms with Crippen molar-refractivity contribution in [2.45, 2.75) is 50.6 Å². The summed E-state index contributed by atoms with van der Waals surface area (Å²) in [4.78, 5) is 24.8. The minimum atomic E-state index is -0.911. The van der Waals surface area contributed by atoms with Crippen LogP contribution >= 0.6 is 11.8 Å². The predicted octanol–water partition coefficient (Wildman–Crippen LogP) is 1.57. The monoisotopic (exact) mass is 275 g/mol. The number of ether oxygens (including phenoxy) is 1. The Bertz CT molecular complexity index is 310. The molecule has 1 N–H and O–H groups in total. The van der Waals surface area contributed by atoms with Gasteiger partial charge in [0, 0.05) is 19.3 Å². The lowest BCUT2D eigenvalue weighted by Gasteiger charge is -2.27. The van der Waals surface area contributed by atoms with Crippen molar-refractivity contribution in [3.05, 3.63) is 0 Å². The van der Waals surface area contributed by atoms with Gasteiger partial charge in [-0.2, -0.15) is 0 Å². The van der Waals surface area contributed by atoms with E-state index in [0.29, 0.717) is 18.6 Å². The van der Waals surface area contributed by atoms with E-state index < -0.39 is 12.0 Å². The van der Waals surface area contributed by atoms with Crippen molar-refractivity contribution < 1.29 is 19.4 Å². The third-order valence-electron chi connectivity index (χ3n) is 3.18. The molecule has 3 unspecified atom stereocenters. The number of amides is 1. The van der Waals surface area contributed by atoms with Gasteiger partial charge in [0.15, 0.2) is 0 Å². The lowest BCUT2D eigenvalue weighted by atomic mass is 10.1. The molecular formula is C12H21NO4S. The van der Waals surface area contributed by atoms with Crippen molar-refractivity contribution in [1.82, 2.24) is 4.90 Å². The first-order chi connectivity index (χ1) is 8.51. The first-order valence-electron chi connectivity index (χ1n) is 6.19. The molecule has 0 bridgehead atoms. The highest BCUT2D eigenvalue weighted by Gasteiger charge is 2.40. The molecule has 1 aliphatic heterocycles. The number of nitrogens with zero attached hydrogens (tertiary/aromatic N) is 1. The number of carbonyl (C=O) groups excluding carboxylic acids is 1. The molecule has 1 heterocycles. The summed E-state index contributed by atoms with van der Waals surface area (Å²) in [6.07, 6.45) is 1.77. The van der Waals surface area contributed by atoms with Gasteiger partial charge >= 0.3 is 5.97 Å². The Morgan fingerprint density at radius 1 is 1.56 bits per heavy atom. The molecule has 0 radical (unpaired) electrons. The minimum absolute atomic E-state index is 0.00329. The van der Waals surface area contributed by atoms with Gasteiger partial charge in [0.2, 0.25) is 5.91 Å². The molecule has 0 aliphatic carbocycles. The Morgan fingerprint density at radius 3 is 2.72 bits per heavy atom. The average molecular weight is 275 g/mol. The van der Waals surface area contributed by atoms with Crippen molar-refractivity contribution in [3.8, 4) is 0 Å². The maximum absolute atomic E-state index is 12.1. The van der Waals surface area contributed by atoms with Gasteiger partial charge in [-0.1, -0.05) is 6.92 Å². The van der Waals surface area contributed by atoms with Crippen LogP contribution in [0.25, 0.3) is 0 Å². The highest BCUT2D eigenvalue weighted by atomic mass is 32.2. The van der Waals surface area contributed by atoms with E-state index in [9.17, 15) is 9.59 Å². The van der Waals surface area contributed by atoms with Gasteiger partial charge in [-0.25, -0.2) is 4.79 Å². The van der Waals surface area contributed by atoms with Crippen LogP contribution in [0.4, 0.5) is 0 Å². The van der Waals surface area contributed by atoms with Crippen LogP contribution in [0.2, 0.25) is 0 Å². The SMILES string of the molecule is CCC1SCC(C(=O)O)N1C(=O)CCC(C)OC. The molecule has 6 heteroatoms. The van der Waals surface area contributed by atoms with Crippen molar-refractivity contribution in [2.75, 3.05) is 12.9 Å². The topological polar surface area (TPSA) is 66.8 Å². The zero-order valence-electron chi connectivity index (χ0n) is 11.1. The molecule has 0 aromatic rings. The zero-order valence-corrected chi connectivity index (χ0v) is 11.9. The number of rotatable bonds is 6. The van der Waals surface area contributed by atoms with E-state index in [2.05, 4.69) is 0 Å². The lowest BCUT2D eigenvalue weighted by Crippen LogP contribution is -2.45. The number of carboxylic acids is 1. The molecule has 5 nitrogen and oxygen atoms in total. The number of carboxylic acid groups (broad SMARTS) is 1. The normalized spacial score (nSPS) is 25.2. The summed E-state index contributed by atoms with van der Waals surface area (Å²) in [6, 6.07) is -0.676. The molecule has 1 saturated heterocycles. The maximum atomic E-state index is 12.1. The molecule has 0 saturated carbocycles. The maximum Gasteiger partial charge on any atom is 0.327 e. The van der Waals surface area contributed by atoms with Crippen LogP contribution in [0.1, 0.15) is 33.1 Å². The van der Waals surface area contributed by atoms with Crippen LogP contribution in [-0.4, -0.2) is 52.3 Å². The Kier molecular flexibility index (Phi) is 5.95.